The number of nitrogens with two attached hydrogens (primary N) is 2. The number of rotatable bonds is 16. The van der Waals surface area contributed by atoms with Gasteiger partial charge in [-0.15, -0.1) is 0 Å². The monoisotopic (exact) mass is 495 g/mol. The zero-order valence-electron chi connectivity index (χ0n) is 19.2. The number of phenols is 1. The van der Waals surface area contributed by atoms with E-state index in [2.05, 4.69) is 16.0 Å². The summed E-state index contributed by atoms with van der Waals surface area (Å²) in [4.78, 5) is 59.3. The summed E-state index contributed by atoms with van der Waals surface area (Å²) in [6.07, 6.45) is 0.934. The summed E-state index contributed by atoms with van der Waals surface area (Å²) in [5, 5.41) is 34.3. The van der Waals surface area contributed by atoms with Crippen LogP contribution in [0.15, 0.2) is 24.3 Å². The fourth-order valence-electron chi connectivity index (χ4n) is 3.06. The molecule has 0 aliphatic carbocycles. The maximum atomic E-state index is 12.8. The SMILES string of the molecule is NCCCCC(N)C(=O)NC(Cc1ccc(O)cc1)C(=O)NCC(=O)NC(CCC(=O)O)C(=O)O. The van der Waals surface area contributed by atoms with Crippen LogP contribution in [0.25, 0.3) is 0 Å². The summed E-state index contributed by atoms with van der Waals surface area (Å²) in [5.41, 5.74) is 11.9. The Morgan fingerprint density at radius 3 is 2.11 bits per heavy atom. The Hall–Kier alpha value is -3.71. The van der Waals surface area contributed by atoms with E-state index in [4.69, 9.17) is 21.7 Å². The van der Waals surface area contributed by atoms with Crippen LogP contribution in [0.1, 0.15) is 37.7 Å². The highest BCUT2D eigenvalue weighted by atomic mass is 16.4. The van der Waals surface area contributed by atoms with Crippen molar-refractivity contribution < 1.29 is 39.3 Å². The molecule has 1 aromatic carbocycles. The van der Waals surface area contributed by atoms with Crippen LogP contribution in [0.4, 0.5) is 0 Å². The van der Waals surface area contributed by atoms with Crippen LogP contribution in [0, 0.1) is 0 Å². The summed E-state index contributed by atoms with van der Waals surface area (Å²) in [6, 6.07) is 2.55. The number of nitrogens with one attached hydrogen (secondary N) is 3. The topological polar surface area (TPSA) is 234 Å². The minimum Gasteiger partial charge on any atom is -0.508 e. The lowest BCUT2D eigenvalue weighted by atomic mass is 10.0. The number of aromatic hydroxyl groups is 1. The first kappa shape index (κ1) is 29.3. The third-order valence-corrected chi connectivity index (χ3v) is 5.02. The number of carboxylic acid groups (broad SMARTS) is 2. The van der Waals surface area contributed by atoms with E-state index < -0.39 is 60.8 Å². The molecule has 3 unspecified atom stereocenters. The van der Waals surface area contributed by atoms with Gasteiger partial charge in [0.1, 0.15) is 17.8 Å². The average Bonchev–Trinajstić information content (AvgIpc) is 2.80. The largest absolute Gasteiger partial charge is 0.508 e. The number of carbonyl (C=O) groups is 5. The van der Waals surface area contributed by atoms with Crippen molar-refractivity contribution in [1.82, 2.24) is 16.0 Å². The molecule has 0 radical (unpaired) electrons. The number of benzene rings is 1. The molecule has 0 aliphatic rings. The van der Waals surface area contributed by atoms with E-state index in [-0.39, 0.29) is 18.6 Å². The maximum absolute atomic E-state index is 12.8. The number of phenolic OH excluding ortho intramolecular Hbond substituents is 1. The van der Waals surface area contributed by atoms with Crippen LogP contribution in [0.2, 0.25) is 0 Å². The lowest BCUT2D eigenvalue weighted by molar-refractivity contribution is -0.143. The second-order valence-corrected chi connectivity index (χ2v) is 7.93. The highest BCUT2D eigenvalue weighted by Crippen LogP contribution is 2.12. The van der Waals surface area contributed by atoms with E-state index in [9.17, 15) is 29.1 Å². The van der Waals surface area contributed by atoms with Crippen molar-refractivity contribution in [3.63, 3.8) is 0 Å². The van der Waals surface area contributed by atoms with Gasteiger partial charge in [-0.05, 0) is 43.5 Å². The molecule has 13 heteroatoms. The Balaban J connectivity index is 2.79. The van der Waals surface area contributed by atoms with E-state index in [0.717, 1.165) is 0 Å². The van der Waals surface area contributed by atoms with Crippen LogP contribution < -0.4 is 27.4 Å². The molecule has 3 atom stereocenters. The van der Waals surface area contributed by atoms with Crippen molar-refractivity contribution in [3.05, 3.63) is 29.8 Å². The van der Waals surface area contributed by atoms with E-state index >= 15 is 0 Å². The molecule has 0 saturated heterocycles. The van der Waals surface area contributed by atoms with Gasteiger partial charge in [0.25, 0.3) is 0 Å². The van der Waals surface area contributed by atoms with Gasteiger partial charge in [0.2, 0.25) is 17.7 Å². The number of unbranched alkanes of at least 4 members (excludes halogenated alkanes) is 1. The third-order valence-electron chi connectivity index (χ3n) is 5.02. The van der Waals surface area contributed by atoms with Gasteiger partial charge in [-0.1, -0.05) is 18.6 Å². The smallest absolute Gasteiger partial charge is 0.326 e. The summed E-state index contributed by atoms with van der Waals surface area (Å²) >= 11 is 0. The van der Waals surface area contributed by atoms with Gasteiger partial charge in [-0.25, -0.2) is 4.79 Å². The van der Waals surface area contributed by atoms with Crippen LogP contribution in [0.3, 0.4) is 0 Å². The average molecular weight is 496 g/mol. The van der Waals surface area contributed by atoms with Crippen molar-refractivity contribution >= 4 is 29.7 Å². The molecule has 13 nitrogen and oxygen atoms in total. The normalized spacial score (nSPS) is 13.2. The van der Waals surface area contributed by atoms with Crippen LogP contribution in [-0.2, 0) is 30.4 Å². The fraction of sp³-hybridized carbons (Fsp3) is 0.500. The predicted octanol–water partition coefficient (Wildman–Crippen LogP) is -1.57. The summed E-state index contributed by atoms with van der Waals surface area (Å²) in [6.45, 7) is -0.137. The Labute approximate surface area is 202 Å². The number of carboxylic acids is 2. The molecule has 194 valence electrons. The Morgan fingerprint density at radius 2 is 1.54 bits per heavy atom. The maximum Gasteiger partial charge on any atom is 0.326 e. The van der Waals surface area contributed by atoms with E-state index in [0.29, 0.717) is 31.4 Å². The molecule has 0 fully saturated rings. The molecule has 1 rings (SSSR count). The molecule has 0 bridgehead atoms. The minimum atomic E-state index is -1.44. The zero-order chi connectivity index (χ0) is 26.4. The van der Waals surface area contributed by atoms with Crippen molar-refractivity contribution in [1.29, 1.82) is 0 Å². The number of hydrogen-bond donors (Lipinski definition) is 8. The molecule has 10 N–H and O–H groups in total. The molecular weight excluding hydrogens is 462 g/mol. The van der Waals surface area contributed by atoms with E-state index in [1.807, 2.05) is 0 Å². The Bertz CT molecular complexity index is 877. The number of carbonyl (C=O) groups excluding carboxylic acids is 3. The first-order valence-corrected chi connectivity index (χ1v) is 11.1. The number of aliphatic carboxylic acids is 2. The molecule has 3 amide bonds. The van der Waals surface area contributed by atoms with Gasteiger partial charge in [0.15, 0.2) is 0 Å². The number of hydrogen-bond acceptors (Lipinski definition) is 8. The second kappa shape index (κ2) is 15.2. The van der Waals surface area contributed by atoms with Crippen LogP contribution in [0.5, 0.6) is 5.75 Å². The van der Waals surface area contributed by atoms with Gasteiger partial charge in [-0.3, -0.25) is 19.2 Å². The number of amides is 3. The Morgan fingerprint density at radius 1 is 0.886 bits per heavy atom. The molecule has 1 aromatic rings. The summed E-state index contributed by atoms with van der Waals surface area (Å²) in [7, 11) is 0. The molecule has 0 heterocycles. The van der Waals surface area contributed by atoms with Crippen LogP contribution in [-0.4, -0.2) is 76.2 Å². The molecule has 0 saturated carbocycles. The lowest BCUT2D eigenvalue weighted by Crippen LogP contribution is -2.54. The van der Waals surface area contributed by atoms with Crippen molar-refractivity contribution in [2.24, 2.45) is 11.5 Å². The van der Waals surface area contributed by atoms with Crippen molar-refractivity contribution in [2.45, 2.75) is 56.7 Å². The molecule has 35 heavy (non-hydrogen) atoms. The molecular formula is C22H33N5O8. The van der Waals surface area contributed by atoms with Crippen molar-refractivity contribution in [2.75, 3.05) is 13.1 Å². The summed E-state index contributed by atoms with van der Waals surface area (Å²) in [5.74, 6) is -4.73. The van der Waals surface area contributed by atoms with Gasteiger partial charge >= 0.3 is 11.9 Å². The molecule has 0 spiro atoms. The van der Waals surface area contributed by atoms with Gasteiger partial charge in [0.05, 0.1) is 12.6 Å². The van der Waals surface area contributed by atoms with Gasteiger partial charge < -0.3 is 42.7 Å². The standard InChI is InChI=1S/C22H33N5O8/c23-10-2-1-3-15(24)20(32)27-17(11-13-4-6-14(28)7-5-13)21(33)25-12-18(29)26-16(22(34)35)8-9-19(30)31/h4-7,15-17,28H,1-3,8-12,23-24H2,(H,25,33)(H,26,29)(H,27,32)(H,30,31)(H,34,35). The summed E-state index contributed by atoms with van der Waals surface area (Å²) < 4.78 is 0. The lowest BCUT2D eigenvalue weighted by Gasteiger charge is -2.21. The van der Waals surface area contributed by atoms with E-state index in [1.54, 1.807) is 12.1 Å². The van der Waals surface area contributed by atoms with Crippen molar-refractivity contribution in [3.8, 4) is 5.75 Å². The minimum absolute atomic E-state index is 0.0215. The third kappa shape index (κ3) is 11.8. The van der Waals surface area contributed by atoms with Gasteiger partial charge in [0, 0.05) is 12.8 Å². The Kier molecular flexibility index (Phi) is 12.8. The first-order valence-electron chi connectivity index (χ1n) is 11.1. The predicted molar refractivity (Wildman–Crippen MR) is 124 cm³/mol. The van der Waals surface area contributed by atoms with Gasteiger partial charge in [-0.2, -0.15) is 0 Å². The highest BCUT2D eigenvalue weighted by molar-refractivity contribution is 5.92. The van der Waals surface area contributed by atoms with Crippen LogP contribution >= 0.6 is 0 Å². The highest BCUT2D eigenvalue weighted by Gasteiger charge is 2.26. The fourth-order valence-corrected chi connectivity index (χ4v) is 3.06. The van der Waals surface area contributed by atoms with E-state index in [1.165, 1.54) is 12.1 Å². The first-order chi connectivity index (χ1) is 16.5. The molecule has 0 aromatic heterocycles. The zero-order valence-corrected chi connectivity index (χ0v) is 19.2. The quantitative estimate of drug-likeness (QED) is 0.123. The molecule has 0 aliphatic heterocycles. The second-order valence-electron chi connectivity index (χ2n) is 7.93.